The van der Waals surface area contributed by atoms with E-state index in [1.165, 1.54) is 57.8 Å². The Kier molecular flexibility index (Phi) is 8.02. The van der Waals surface area contributed by atoms with Crippen molar-refractivity contribution in [2.45, 2.75) is 91.9 Å². The molecule has 2 unspecified atom stereocenters. The van der Waals surface area contributed by atoms with Gasteiger partial charge in [0, 0.05) is 0 Å². The van der Waals surface area contributed by atoms with Gasteiger partial charge >= 0.3 is 0 Å². The van der Waals surface area contributed by atoms with Crippen molar-refractivity contribution in [3.63, 3.8) is 0 Å². The lowest BCUT2D eigenvalue weighted by molar-refractivity contribution is 0.235. The van der Waals surface area contributed by atoms with Crippen molar-refractivity contribution in [2.75, 3.05) is 0 Å². The van der Waals surface area contributed by atoms with Gasteiger partial charge in [-0.2, -0.15) is 0 Å². The maximum absolute atomic E-state index is 2.45. The van der Waals surface area contributed by atoms with Gasteiger partial charge in [0.25, 0.3) is 0 Å². The normalized spacial score (nSPS) is 37.3. The van der Waals surface area contributed by atoms with Crippen LogP contribution in [0.25, 0.3) is 0 Å². The van der Waals surface area contributed by atoms with Crippen LogP contribution in [0.2, 0.25) is 0 Å². The number of hydrogen-bond acceptors (Lipinski definition) is 0. The van der Waals surface area contributed by atoms with E-state index in [4.69, 9.17) is 0 Å². The number of hydrogen-bond donors (Lipinski definition) is 0. The molecule has 0 heterocycles. The molecule has 0 aromatic rings. The molecule has 0 spiro atoms. The minimum absolute atomic E-state index is 1.01. The highest BCUT2D eigenvalue weighted by Gasteiger charge is 2.23. The van der Waals surface area contributed by atoms with Crippen molar-refractivity contribution in [2.24, 2.45) is 23.7 Å². The fraction of sp³-hybridized carbons (Fsp3) is 1.00. The van der Waals surface area contributed by atoms with Crippen molar-refractivity contribution in [1.29, 1.82) is 0 Å². The molecule has 0 aromatic heterocycles. The summed E-state index contributed by atoms with van der Waals surface area (Å²) < 4.78 is 0. The van der Waals surface area contributed by atoms with Gasteiger partial charge in [-0.15, -0.1) is 0 Å². The second-order valence-electron chi connectivity index (χ2n) is 6.84. The molecule has 0 nitrogen and oxygen atoms in total. The van der Waals surface area contributed by atoms with Gasteiger partial charge in [-0.05, 0) is 30.1 Å². The largest absolute Gasteiger partial charge is 0.0683 e. The van der Waals surface area contributed by atoms with Crippen molar-refractivity contribution in [3.05, 3.63) is 0 Å². The standard InChI is InChI=1S/C16H30.C2H6/c1-13-4-3-5-15(9-6-13)12-16-10-7-14(2)8-11-16;1-2/h13-16H,3-12H2,1-2H3;1-2H3. The van der Waals surface area contributed by atoms with Crippen LogP contribution < -0.4 is 0 Å². The topological polar surface area (TPSA) is 0 Å². The SMILES string of the molecule is CC.CC1CCCC(CC2CCC(C)CC2)CC1. The van der Waals surface area contributed by atoms with Gasteiger partial charge in [0.15, 0.2) is 0 Å². The Hall–Kier alpha value is 0. The Morgan fingerprint density at radius 2 is 1.06 bits per heavy atom. The zero-order valence-corrected chi connectivity index (χ0v) is 13.4. The quantitative estimate of drug-likeness (QED) is 0.496. The van der Waals surface area contributed by atoms with Gasteiger partial charge in [0.2, 0.25) is 0 Å². The van der Waals surface area contributed by atoms with Gasteiger partial charge in [0.05, 0.1) is 0 Å². The molecular weight excluding hydrogens is 216 g/mol. The molecule has 2 rings (SSSR count). The lowest BCUT2D eigenvalue weighted by atomic mass is 9.77. The fourth-order valence-corrected chi connectivity index (χ4v) is 3.84. The van der Waals surface area contributed by atoms with Crippen LogP contribution in [0, 0.1) is 23.7 Å². The summed E-state index contributed by atoms with van der Waals surface area (Å²) in [6.07, 6.45) is 15.2. The molecule has 0 aliphatic heterocycles. The highest BCUT2D eigenvalue weighted by Crippen LogP contribution is 2.37. The summed E-state index contributed by atoms with van der Waals surface area (Å²) in [5.41, 5.74) is 0. The van der Waals surface area contributed by atoms with Crippen molar-refractivity contribution < 1.29 is 0 Å². The molecule has 0 bridgehead atoms. The summed E-state index contributed by atoms with van der Waals surface area (Å²) in [7, 11) is 0. The predicted molar refractivity (Wildman–Crippen MR) is 82.8 cm³/mol. The van der Waals surface area contributed by atoms with Crippen LogP contribution in [0.5, 0.6) is 0 Å². The monoisotopic (exact) mass is 252 g/mol. The van der Waals surface area contributed by atoms with Crippen LogP contribution in [-0.2, 0) is 0 Å². The van der Waals surface area contributed by atoms with Crippen LogP contribution in [0.15, 0.2) is 0 Å². The smallest absolute Gasteiger partial charge is 0.0411 e. The van der Waals surface area contributed by atoms with Crippen LogP contribution in [-0.4, -0.2) is 0 Å². The fourth-order valence-electron chi connectivity index (χ4n) is 3.84. The summed E-state index contributed by atoms with van der Waals surface area (Å²) in [5, 5.41) is 0. The Balaban J connectivity index is 0.000000771. The second-order valence-corrected chi connectivity index (χ2v) is 6.84. The third kappa shape index (κ3) is 5.76. The van der Waals surface area contributed by atoms with Crippen molar-refractivity contribution >= 4 is 0 Å². The Labute approximate surface area is 116 Å². The molecular formula is C18H36. The highest BCUT2D eigenvalue weighted by molar-refractivity contribution is 4.75. The van der Waals surface area contributed by atoms with E-state index in [0.717, 1.165) is 23.7 Å². The Morgan fingerprint density at radius 1 is 0.611 bits per heavy atom. The van der Waals surface area contributed by atoms with E-state index in [9.17, 15) is 0 Å². The minimum Gasteiger partial charge on any atom is -0.0683 e. The summed E-state index contributed by atoms with van der Waals surface area (Å²) in [6.45, 7) is 8.88. The minimum atomic E-state index is 1.01. The molecule has 0 aromatic carbocycles. The van der Waals surface area contributed by atoms with Gasteiger partial charge < -0.3 is 0 Å². The third-order valence-corrected chi connectivity index (χ3v) is 5.18. The number of rotatable bonds is 2. The summed E-state index contributed by atoms with van der Waals surface area (Å²) in [5.74, 6) is 4.21. The molecule has 2 aliphatic carbocycles. The first-order valence-electron chi connectivity index (χ1n) is 8.74. The van der Waals surface area contributed by atoms with Gasteiger partial charge in [-0.1, -0.05) is 85.5 Å². The van der Waals surface area contributed by atoms with E-state index in [2.05, 4.69) is 13.8 Å². The first kappa shape index (κ1) is 16.1. The van der Waals surface area contributed by atoms with Crippen LogP contribution >= 0.6 is 0 Å². The second kappa shape index (κ2) is 8.99. The van der Waals surface area contributed by atoms with E-state index in [0.29, 0.717) is 0 Å². The molecule has 0 saturated heterocycles. The maximum Gasteiger partial charge on any atom is -0.0411 e. The molecule has 2 fully saturated rings. The zero-order valence-electron chi connectivity index (χ0n) is 13.4. The van der Waals surface area contributed by atoms with Crippen molar-refractivity contribution in [1.82, 2.24) is 0 Å². The maximum atomic E-state index is 2.45. The van der Waals surface area contributed by atoms with Crippen molar-refractivity contribution in [3.8, 4) is 0 Å². The lowest BCUT2D eigenvalue weighted by Gasteiger charge is -2.29. The first-order chi connectivity index (χ1) is 8.74. The van der Waals surface area contributed by atoms with E-state index in [-0.39, 0.29) is 0 Å². The molecule has 108 valence electrons. The highest BCUT2D eigenvalue weighted by atomic mass is 14.3. The van der Waals surface area contributed by atoms with Gasteiger partial charge in [0.1, 0.15) is 0 Å². The van der Waals surface area contributed by atoms with E-state index in [1.54, 1.807) is 6.42 Å². The molecule has 2 atom stereocenters. The van der Waals surface area contributed by atoms with Crippen LogP contribution in [0.1, 0.15) is 91.9 Å². The Bertz CT molecular complexity index is 188. The lowest BCUT2D eigenvalue weighted by Crippen LogP contribution is -2.15. The molecule has 0 amide bonds. The molecule has 0 N–H and O–H groups in total. The summed E-state index contributed by atoms with van der Waals surface area (Å²) in [4.78, 5) is 0. The summed E-state index contributed by atoms with van der Waals surface area (Å²) >= 11 is 0. The van der Waals surface area contributed by atoms with Crippen LogP contribution in [0.3, 0.4) is 0 Å². The Morgan fingerprint density at radius 3 is 1.61 bits per heavy atom. The summed E-state index contributed by atoms with van der Waals surface area (Å²) in [6, 6.07) is 0. The molecule has 2 saturated carbocycles. The van der Waals surface area contributed by atoms with E-state index in [1.807, 2.05) is 13.8 Å². The first-order valence-corrected chi connectivity index (χ1v) is 8.74. The third-order valence-electron chi connectivity index (χ3n) is 5.18. The predicted octanol–water partition coefficient (Wildman–Crippen LogP) is 6.45. The average Bonchev–Trinajstić information content (AvgIpc) is 2.60. The van der Waals surface area contributed by atoms with E-state index >= 15 is 0 Å². The zero-order chi connectivity index (χ0) is 13.4. The molecule has 0 radical (unpaired) electrons. The van der Waals surface area contributed by atoms with Gasteiger partial charge in [-0.3, -0.25) is 0 Å². The van der Waals surface area contributed by atoms with E-state index < -0.39 is 0 Å². The average molecular weight is 252 g/mol. The molecule has 18 heavy (non-hydrogen) atoms. The molecule has 2 aliphatic rings. The van der Waals surface area contributed by atoms with Gasteiger partial charge in [-0.25, -0.2) is 0 Å². The molecule has 0 heteroatoms. The van der Waals surface area contributed by atoms with Crippen LogP contribution in [0.4, 0.5) is 0 Å².